The molecule has 2 aliphatic rings. The lowest BCUT2D eigenvalue weighted by molar-refractivity contribution is 1.44. The quantitative estimate of drug-likeness (QED) is 0.533. The summed E-state index contributed by atoms with van der Waals surface area (Å²) in [5.41, 5.74) is 6.60. The van der Waals surface area contributed by atoms with Gasteiger partial charge in [-0.15, -0.1) is 0 Å². The molecule has 0 aliphatic heterocycles. The van der Waals surface area contributed by atoms with Gasteiger partial charge >= 0.3 is 0 Å². The van der Waals surface area contributed by atoms with Gasteiger partial charge in [-0.1, -0.05) is 18.7 Å². The summed E-state index contributed by atoms with van der Waals surface area (Å²) in [6, 6.07) is 22.0. The van der Waals surface area contributed by atoms with Gasteiger partial charge in [-0.3, -0.25) is 0 Å². The van der Waals surface area contributed by atoms with E-state index in [9.17, 15) is 31.6 Å². The fourth-order valence-corrected chi connectivity index (χ4v) is 4.49. The van der Waals surface area contributed by atoms with Gasteiger partial charge in [0.25, 0.3) is 0 Å². The van der Waals surface area contributed by atoms with Crippen LogP contribution < -0.4 is 0 Å². The number of rotatable bonds is 1. The van der Waals surface area contributed by atoms with Crippen molar-refractivity contribution in [2.75, 3.05) is 0 Å². The van der Waals surface area contributed by atoms with E-state index >= 15 is 0 Å². The van der Waals surface area contributed by atoms with Crippen LogP contribution in [0.4, 0.5) is 0 Å². The van der Waals surface area contributed by atoms with E-state index in [4.69, 9.17) is 0 Å². The van der Waals surface area contributed by atoms with E-state index in [1.54, 1.807) is 43.3 Å². The molecule has 0 bridgehead atoms. The molecule has 158 valence electrons. The normalized spacial score (nSPS) is 14.1. The lowest BCUT2D eigenvalue weighted by Crippen LogP contribution is -1.89. The number of hydrogen-bond donors (Lipinski definition) is 0. The number of nitriles is 6. The Hall–Kier alpha value is -5.92. The molecule has 0 saturated heterocycles. The summed E-state index contributed by atoms with van der Waals surface area (Å²) < 4.78 is 0. The van der Waals surface area contributed by atoms with Gasteiger partial charge in [0, 0.05) is 11.1 Å². The van der Waals surface area contributed by atoms with E-state index in [1.807, 2.05) is 30.4 Å². The smallest absolute Gasteiger partial charge is 0.138 e. The molecule has 4 rings (SSSR count). The van der Waals surface area contributed by atoms with E-state index in [-0.39, 0.29) is 11.1 Å². The van der Waals surface area contributed by atoms with Crippen molar-refractivity contribution in [3.05, 3.63) is 105 Å². The summed E-state index contributed by atoms with van der Waals surface area (Å²) in [4.78, 5) is 0. The summed E-state index contributed by atoms with van der Waals surface area (Å²) in [5, 5.41) is 56.9. The van der Waals surface area contributed by atoms with E-state index in [1.165, 1.54) is 0 Å². The Morgan fingerprint density at radius 1 is 0.686 bits per heavy atom. The zero-order valence-corrected chi connectivity index (χ0v) is 18.4. The highest BCUT2D eigenvalue weighted by atomic mass is 14.4. The Balaban J connectivity index is 2.07. The molecule has 35 heavy (non-hydrogen) atoms. The van der Waals surface area contributed by atoms with Gasteiger partial charge in [-0.05, 0) is 81.8 Å². The summed E-state index contributed by atoms with van der Waals surface area (Å²) in [5.74, 6) is 0. The standard InChI is InChI=1S/C29H12N6/c1-16-24(22-5-3-18(10-30)7-26(22)28(16)20(12-32)13-33)9-25-17(2)29(21(14-34)15-35)27-8-19(11-31)4-6-23(25)27/h3-9H,1H2,2H3/b24-9+. The number of nitrogens with zero attached hydrogens (tertiary/aromatic N) is 6. The molecule has 0 radical (unpaired) electrons. The van der Waals surface area contributed by atoms with E-state index in [0.29, 0.717) is 55.7 Å². The van der Waals surface area contributed by atoms with Crippen LogP contribution in [0, 0.1) is 68.0 Å². The molecule has 0 amide bonds. The number of allylic oxidation sites excluding steroid dienone is 9. The van der Waals surface area contributed by atoms with Crippen molar-refractivity contribution in [1.82, 2.24) is 0 Å². The monoisotopic (exact) mass is 444 g/mol. The first kappa shape index (κ1) is 22.3. The van der Waals surface area contributed by atoms with Crippen molar-refractivity contribution in [3.63, 3.8) is 0 Å². The summed E-state index contributed by atoms with van der Waals surface area (Å²) in [6.45, 7) is 5.95. The van der Waals surface area contributed by atoms with Crippen LogP contribution in [0.25, 0.3) is 22.3 Å². The molecular weight excluding hydrogens is 432 g/mol. The molecule has 0 unspecified atom stereocenters. The van der Waals surface area contributed by atoms with Gasteiger partial charge < -0.3 is 0 Å². The highest BCUT2D eigenvalue weighted by molar-refractivity contribution is 6.14. The predicted octanol–water partition coefficient (Wildman–Crippen LogP) is 5.47. The topological polar surface area (TPSA) is 143 Å². The molecule has 0 atom stereocenters. The molecule has 2 aromatic rings. The highest BCUT2D eigenvalue weighted by Gasteiger charge is 2.31. The molecule has 6 heteroatoms. The zero-order valence-electron chi connectivity index (χ0n) is 18.4. The van der Waals surface area contributed by atoms with Crippen molar-refractivity contribution in [2.45, 2.75) is 6.92 Å². The largest absolute Gasteiger partial charge is 0.192 e. The average molecular weight is 444 g/mol. The molecule has 0 saturated carbocycles. The Kier molecular flexibility index (Phi) is 5.44. The fourth-order valence-electron chi connectivity index (χ4n) is 4.49. The maximum Gasteiger partial charge on any atom is 0.138 e. The number of hydrogen-bond acceptors (Lipinski definition) is 6. The minimum absolute atomic E-state index is 0.0617. The molecule has 6 nitrogen and oxygen atoms in total. The Morgan fingerprint density at radius 2 is 1.17 bits per heavy atom. The second-order valence-electron chi connectivity index (χ2n) is 7.77. The molecule has 2 aliphatic carbocycles. The first-order valence-electron chi connectivity index (χ1n) is 10.2. The second-order valence-corrected chi connectivity index (χ2v) is 7.77. The average Bonchev–Trinajstić information content (AvgIpc) is 3.31. The van der Waals surface area contributed by atoms with Crippen LogP contribution in [0.5, 0.6) is 0 Å². The van der Waals surface area contributed by atoms with Gasteiger partial charge in [-0.2, -0.15) is 31.6 Å². The minimum Gasteiger partial charge on any atom is -0.192 e. The van der Waals surface area contributed by atoms with Crippen LogP contribution in [0.3, 0.4) is 0 Å². The summed E-state index contributed by atoms with van der Waals surface area (Å²) in [7, 11) is 0. The van der Waals surface area contributed by atoms with E-state index < -0.39 is 0 Å². The van der Waals surface area contributed by atoms with Gasteiger partial charge in [0.15, 0.2) is 0 Å². The molecule has 0 aromatic heterocycles. The fraction of sp³-hybridized carbons (Fsp3) is 0.0345. The van der Waals surface area contributed by atoms with Crippen LogP contribution in [-0.2, 0) is 0 Å². The van der Waals surface area contributed by atoms with Crippen LogP contribution in [0.15, 0.2) is 71.3 Å². The molecule has 2 aromatic carbocycles. The molecular formula is C29H12N6. The van der Waals surface area contributed by atoms with Crippen LogP contribution in [0.1, 0.15) is 40.3 Å². The van der Waals surface area contributed by atoms with Crippen molar-refractivity contribution >= 4 is 22.3 Å². The lowest BCUT2D eigenvalue weighted by Gasteiger charge is -2.06. The zero-order chi connectivity index (χ0) is 25.3. The number of fused-ring (bicyclic) bond motifs is 2. The minimum atomic E-state index is -0.109. The van der Waals surface area contributed by atoms with Gasteiger partial charge in [0.2, 0.25) is 0 Å². The summed E-state index contributed by atoms with van der Waals surface area (Å²) in [6.07, 6.45) is 1.85. The first-order valence-corrected chi connectivity index (χ1v) is 10.2. The summed E-state index contributed by atoms with van der Waals surface area (Å²) >= 11 is 0. The molecule has 0 heterocycles. The van der Waals surface area contributed by atoms with Crippen molar-refractivity contribution < 1.29 is 0 Å². The van der Waals surface area contributed by atoms with Gasteiger partial charge in [0.1, 0.15) is 35.4 Å². The van der Waals surface area contributed by atoms with Crippen LogP contribution >= 0.6 is 0 Å². The van der Waals surface area contributed by atoms with Crippen molar-refractivity contribution in [2.24, 2.45) is 0 Å². The third-order valence-electron chi connectivity index (χ3n) is 6.06. The lowest BCUT2D eigenvalue weighted by atomic mass is 9.96. The second kappa shape index (κ2) is 8.55. The van der Waals surface area contributed by atoms with Crippen LogP contribution in [0.2, 0.25) is 0 Å². The van der Waals surface area contributed by atoms with Crippen molar-refractivity contribution in [3.8, 4) is 36.4 Å². The van der Waals surface area contributed by atoms with Crippen LogP contribution in [-0.4, -0.2) is 0 Å². The van der Waals surface area contributed by atoms with E-state index in [0.717, 1.165) is 11.1 Å². The maximum atomic E-state index is 9.56. The van der Waals surface area contributed by atoms with Gasteiger partial charge in [-0.25, -0.2) is 0 Å². The predicted molar refractivity (Wildman–Crippen MR) is 128 cm³/mol. The van der Waals surface area contributed by atoms with Gasteiger partial charge in [0.05, 0.1) is 23.3 Å². The number of benzene rings is 2. The van der Waals surface area contributed by atoms with Crippen molar-refractivity contribution in [1.29, 1.82) is 31.6 Å². The molecule has 0 N–H and O–H groups in total. The third kappa shape index (κ3) is 3.30. The molecule has 0 fully saturated rings. The Morgan fingerprint density at radius 3 is 1.69 bits per heavy atom. The highest BCUT2D eigenvalue weighted by Crippen LogP contribution is 2.50. The third-order valence-corrected chi connectivity index (χ3v) is 6.06. The maximum absolute atomic E-state index is 9.56. The first-order chi connectivity index (χ1) is 16.9. The SMILES string of the molecule is C=C1C(=C(C#N)C#N)c2cc(C#N)ccc2/C1=C/C1=C(C)C(=C(C#N)C#N)c2cc(C#N)ccc21. The van der Waals surface area contributed by atoms with E-state index in [2.05, 4.69) is 18.7 Å². The Bertz CT molecular complexity index is 1730. The molecule has 0 spiro atoms. The Labute approximate surface area is 202 Å².